The molecule has 0 atom stereocenters. The Bertz CT molecular complexity index is 500. The largest absolute Gasteiger partial charge is 0.369 e. The molecule has 2 heterocycles. The fourth-order valence-corrected chi connectivity index (χ4v) is 2.20. The molecule has 0 radical (unpaired) electrons. The van der Waals surface area contributed by atoms with E-state index < -0.39 is 0 Å². The van der Waals surface area contributed by atoms with Gasteiger partial charge in [-0.3, -0.25) is 0 Å². The minimum absolute atomic E-state index is 0.624. The lowest BCUT2D eigenvalue weighted by Crippen LogP contribution is -2.03. The molecular formula is C11H12N4S. The molecule has 0 saturated heterocycles. The molecule has 0 spiro atoms. The summed E-state index contributed by atoms with van der Waals surface area (Å²) in [5.74, 6) is 0.892. The van der Waals surface area contributed by atoms with Crippen molar-refractivity contribution in [2.45, 2.75) is 19.3 Å². The van der Waals surface area contributed by atoms with E-state index >= 15 is 0 Å². The minimum Gasteiger partial charge on any atom is -0.369 e. The first-order chi connectivity index (χ1) is 7.92. The van der Waals surface area contributed by atoms with Crippen LogP contribution in [0.5, 0.6) is 0 Å². The van der Waals surface area contributed by atoms with E-state index in [4.69, 9.17) is 5.26 Å². The first kappa shape index (κ1) is 10.8. The molecule has 0 fully saturated rings. The van der Waals surface area contributed by atoms with Crippen molar-refractivity contribution in [2.75, 3.05) is 11.9 Å². The lowest BCUT2D eigenvalue weighted by Gasteiger charge is -2.04. The van der Waals surface area contributed by atoms with Gasteiger partial charge in [-0.05, 0) is 24.3 Å². The summed E-state index contributed by atoms with van der Waals surface area (Å²) in [5.41, 5.74) is 0. The maximum absolute atomic E-state index is 8.41. The molecule has 0 aliphatic carbocycles. The van der Waals surface area contributed by atoms with E-state index in [0.717, 1.165) is 35.4 Å². The van der Waals surface area contributed by atoms with E-state index in [1.165, 1.54) is 0 Å². The number of hydrogen-bond acceptors (Lipinski definition) is 5. The Labute approximate surface area is 98.0 Å². The number of anilines is 1. The normalized spacial score (nSPS) is 10.2. The van der Waals surface area contributed by atoms with E-state index in [1.807, 2.05) is 11.4 Å². The van der Waals surface area contributed by atoms with E-state index in [0.29, 0.717) is 6.42 Å². The summed E-state index contributed by atoms with van der Waals surface area (Å²) in [7, 11) is 0. The molecule has 0 saturated carbocycles. The van der Waals surface area contributed by atoms with Crippen LogP contribution in [0.4, 0.5) is 5.82 Å². The summed E-state index contributed by atoms with van der Waals surface area (Å²) in [6, 6.07) is 4.17. The molecule has 2 rings (SSSR count). The number of hydrogen-bond donors (Lipinski definition) is 1. The van der Waals surface area contributed by atoms with Gasteiger partial charge in [0.25, 0.3) is 0 Å². The molecule has 4 nitrogen and oxygen atoms in total. The summed E-state index contributed by atoms with van der Waals surface area (Å²) in [6.07, 6.45) is 4.13. The number of nitrogens with one attached hydrogen (secondary N) is 1. The van der Waals surface area contributed by atoms with Gasteiger partial charge in [0.15, 0.2) is 0 Å². The van der Waals surface area contributed by atoms with Gasteiger partial charge in [0.1, 0.15) is 17.0 Å². The molecule has 2 aromatic rings. The third-order valence-corrected chi connectivity index (χ3v) is 3.09. The zero-order valence-corrected chi connectivity index (χ0v) is 9.63. The second-order valence-corrected chi connectivity index (χ2v) is 4.30. The van der Waals surface area contributed by atoms with Crippen LogP contribution in [-0.2, 0) is 0 Å². The van der Waals surface area contributed by atoms with Crippen molar-refractivity contribution in [1.29, 1.82) is 5.26 Å². The van der Waals surface area contributed by atoms with E-state index in [9.17, 15) is 0 Å². The highest BCUT2D eigenvalue weighted by atomic mass is 32.1. The molecular weight excluding hydrogens is 220 g/mol. The molecule has 0 amide bonds. The molecule has 0 aromatic carbocycles. The summed E-state index contributed by atoms with van der Waals surface area (Å²) in [5, 5.41) is 14.8. The highest BCUT2D eigenvalue weighted by Gasteiger charge is 2.02. The zero-order chi connectivity index (χ0) is 11.2. The summed E-state index contributed by atoms with van der Waals surface area (Å²) in [4.78, 5) is 9.41. The van der Waals surface area contributed by atoms with Crippen LogP contribution in [0, 0.1) is 11.3 Å². The third-order valence-electron chi connectivity index (χ3n) is 2.27. The number of nitriles is 1. The topological polar surface area (TPSA) is 61.6 Å². The Kier molecular flexibility index (Phi) is 3.67. The Balaban J connectivity index is 1.94. The van der Waals surface area contributed by atoms with Crippen molar-refractivity contribution >= 4 is 27.4 Å². The Morgan fingerprint density at radius 2 is 2.31 bits per heavy atom. The molecule has 1 N–H and O–H groups in total. The minimum atomic E-state index is 0.624. The van der Waals surface area contributed by atoms with Crippen LogP contribution in [0.25, 0.3) is 10.2 Å². The van der Waals surface area contributed by atoms with Crippen molar-refractivity contribution in [3.63, 3.8) is 0 Å². The predicted octanol–water partition coefficient (Wildman–Crippen LogP) is 2.80. The second kappa shape index (κ2) is 5.42. The monoisotopic (exact) mass is 232 g/mol. The van der Waals surface area contributed by atoms with Crippen molar-refractivity contribution in [2.24, 2.45) is 0 Å². The van der Waals surface area contributed by atoms with Gasteiger partial charge in [-0.25, -0.2) is 9.97 Å². The number of unbranched alkanes of at least 4 members (excludes halogenated alkanes) is 2. The van der Waals surface area contributed by atoms with Crippen molar-refractivity contribution < 1.29 is 0 Å². The van der Waals surface area contributed by atoms with E-state index in [2.05, 4.69) is 21.4 Å². The predicted molar refractivity (Wildman–Crippen MR) is 65.4 cm³/mol. The van der Waals surface area contributed by atoms with Gasteiger partial charge in [-0.1, -0.05) is 0 Å². The lowest BCUT2D eigenvalue weighted by molar-refractivity contribution is 0.783. The van der Waals surface area contributed by atoms with E-state index in [1.54, 1.807) is 17.7 Å². The fourth-order valence-electron chi connectivity index (χ4n) is 1.47. The molecule has 82 valence electrons. The number of aromatic nitrogens is 2. The van der Waals surface area contributed by atoms with Crippen LogP contribution in [-0.4, -0.2) is 16.5 Å². The van der Waals surface area contributed by atoms with Crippen LogP contribution in [0.3, 0.4) is 0 Å². The van der Waals surface area contributed by atoms with Gasteiger partial charge in [0.2, 0.25) is 0 Å². The number of nitrogens with zero attached hydrogens (tertiary/aromatic N) is 3. The molecule has 0 unspecified atom stereocenters. The van der Waals surface area contributed by atoms with Crippen molar-refractivity contribution in [1.82, 2.24) is 9.97 Å². The SMILES string of the molecule is N#CCCCCNc1ncnc2sccc12. The summed E-state index contributed by atoms with van der Waals surface area (Å²) >= 11 is 1.61. The van der Waals surface area contributed by atoms with Gasteiger partial charge < -0.3 is 5.32 Å². The first-order valence-electron chi connectivity index (χ1n) is 5.21. The standard InChI is InChI=1S/C11H12N4S/c12-5-2-1-3-6-13-10-9-4-7-16-11(9)15-8-14-10/h4,7-8H,1-3,6H2,(H,13,14,15). The molecule has 0 bridgehead atoms. The molecule has 2 aromatic heterocycles. The maximum atomic E-state index is 8.41. The quantitative estimate of drug-likeness (QED) is 0.805. The van der Waals surface area contributed by atoms with Crippen LogP contribution < -0.4 is 5.32 Å². The summed E-state index contributed by atoms with van der Waals surface area (Å²) in [6.45, 7) is 0.851. The highest BCUT2D eigenvalue weighted by molar-refractivity contribution is 7.16. The van der Waals surface area contributed by atoms with Crippen LogP contribution in [0.1, 0.15) is 19.3 Å². The summed E-state index contributed by atoms with van der Waals surface area (Å²) < 4.78 is 0. The van der Waals surface area contributed by atoms with E-state index in [-0.39, 0.29) is 0 Å². The van der Waals surface area contributed by atoms with Crippen LogP contribution in [0.2, 0.25) is 0 Å². The molecule has 5 heteroatoms. The molecule has 16 heavy (non-hydrogen) atoms. The maximum Gasteiger partial charge on any atom is 0.138 e. The highest BCUT2D eigenvalue weighted by Crippen LogP contribution is 2.23. The van der Waals surface area contributed by atoms with Gasteiger partial charge in [-0.15, -0.1) is 11.3 Å². The zero-order valence-electron chi connectivity index (χ0n) is 8.81. The second-order valence-electron chi connectivity index (χ2n) is 3.40. The van der Waals surface area contributed by atoms with Gasteiger partial charge in [0, 0.05) is 13.0 Å². The number of fused-ring (bicyclic) bond motifs is 1. The van der Waals surface area contributed by atoms with Crippen molar-refractivity contribution in [3.8, 4) is 6.07 Å². The average Bonchev–Trinajstić information content (AvgIpc) is 2.77. The lowest BCUT2D eigenvalue weighted by atomic mass is 10.2. The Morgan fingerprint density at radius 3 is 3.19 bits per heavy atom. The van der Waals surface area contributed by atoms with Crippen LogP contribution in [0.15, 0.2) is 17.8 Å². The van der Waals surface area contributed by atoms with Gasteiger partial charge in [0.05, 0.1) is 11.5 Å². The number of thiophene rings is 1. The fraction of sp³-hybridized carbons (Fsp3) is 0.364. The van der Waals surface area contributed by atoms with Gasteiger partial charge >= 0.3 is 0 Å². The molecule has 0 aliphatic heterocycles. The molecule has 0 aliphatic rings. The third kappa shape index (κ3) is 2.47. The smallest absolute Gasteiger partial charge is 0.138 e. The average molecular weight is 232 g/mol. The van der Waals surface area contributed by atoms with Gasteiger partial charge in [-0.2, -0.15) is 5.26 Å². The Morgan fingerprint density at radius 1 is 1.38 bits per heavy atom. The number of rotatable bonds is 5. The van der Waals surface area contributed by atoms with Crippen LogP contribution >= 0.6 is 11.3 Å². The van der Waals surface area contributed by atoms with Crippen molar-refractivity contribution in [3.05, 3.63) is 17.8 Å². The Hall–Kier alpha value is -1.67. The first-order valence-corrected chi connectivity index (χ1v) is 6.09.